The molecule has 36 heavy (non-hydrogen) atoms. The van der Waals surface area contributed by atoms with Crippen molar-refractivity contribution in [3.63, 3.8) is 0 Å². The van der Waals surface area contributed by atoms with Gasteiger partial charge in [0.1, 0.15) is 18.1 Å². The lowest BCUT2D eigenvalue weighted by atomic mass is 10.1. The summed E-state index contributed by atoms with van der Waals surface area (Å²) in [5, 5.41) is 33.3. The van der Waals surface area contributed by atoms with E-state index in [0.29, 0.717) is 0 Å². The number of nitrogens with zero attached hydrogens (tertiary/aromatic N) is 1. The number of aliphatic carboxylic acids is 3. The molecule has 4 atom stereocenters. The zero-order chi connectivity index (χ0) is 28.0. The van der Waals surface area contributed by atoms with Gasteiger partial charge in [0.05, 0.1) is 25.3 Å². The summed E-state index contributed by atoms with van der Waals surface area (Å²) in [5.74, 6) is -9.22. The summed E-state index contributed by atoms with van der Waals surface area (Å²) in [7, 11) is 0. The first-order chi connectivity index (χ1) is 16.6. The summed E-state index contributed by atoms with van der Waals surface area (Å²) in [6, 6.07) is -6.59. The fourth-order valence-electron chi connectivity index (χ4n) is 2.66. The number of carboxylic acid groups (broad SMARTS) is 3. The van der Waals surface area contributed by atoms with E-state index in [-0.39, 0.29) is 25.3 Å². The molecule has 0 aromatic heterocycles. The van der Waals surface area contributed by atoms with Crippen molar-refractivity contribution in [1.82, 2.24) is 16.0 Å². The van der Waals surface area contributed by atoms with Crippen LogP contribution in [0, 0.1) is 0 Å². The van der Waals surface area contributed by atoms with Crippen LogP contribution in [0.25, 0.3) is 0 Å². The molecule has 0 saturated heterocycles. The van der Waals surface area contributed by atoms with Crippen molar-refractivity contribution in [2.45, 2.75) is 56.3 Å². The fourth-order valence-corrected chi connectivity index (χ4v) is 2.66. The molecule has 0 rings (SSSR count). The maximum atomic E-state index is 12.7. The second kappa shape index (κ2) is 15.4. The SMILES string of the molecule is NC(=O)CC(N)C(=O)NC(CC(=O)O)C(=O)NC(CCCN=C(N)N)C(=O)NC(CC(=O)O)C(=O)O. The molecule has 0 radical (unpaired) electrons. The number of nitrogens with one attached hydrogen (secondary N) is 3. The van der Waals surface area contributed by atoms with E-state index < -0.39 is 85.0 Å². The Morgan fingerprint density at radius 1 is 0.694 bits per heavy atom. The van der Waals surface area contributed by atoms with Gasteiger partial charge in [0, 0.05) is 6.54 Å². The Labute approximate surface area is 203 Å². The number of nitrogens with two attached hydrogens (primary N) is 4. The normalized spacial score (nSPS) is 13.7. The van der Waals surface area contributed by atoms with E-state index in [4.69, 9.17) is 38.3 Å². The van der Waals surface area contributed by atoms with Gasteiger partial charge in [-0.05, 0) is 12.8 Å². The molecule has 18 heteroatoms. The Balaban J connectivity index is 5.69. The van der Waals surface area contributed by atoms with Crippen LogP contribution < -0.4 is 38.9 Å². The fraction of sp³-hybridized carbons (Fsp3) is 0.556. The highest BCUT2D eigenvalue weighted by atomic mass is 16.4. The molecule has 0 bridgehead atoms. The number of amides is 4. The van der Waals surface area contributed by atoms with Crippen LogP contribution in [-0.2, 0) is 33.6 Å². The van der Waals surface area contributed by atoms with Crippen molar-refractivity contribution in [2.75, 3.05) is 6.54 Å². The number of carbonyl (C=O) groups is 7. The van der Waals surface area contributed by atoms with E-state index in [1.54, 1.807) is 0 Å². The van der Waals surface area contributed by atoms with Crippen molar-refractivity contribution in [2.24, 2.45) is 27.9 Å². The Bertz CT molecular complexity index is 889. The molecule has 0 spiro atoms. The van der Waals surface area contributed by atoms with Gasteiger partial charge in [0.15, 0.2) is 5.96 Å². The Kier molecular flexibility index (Phi) is 13.5. The van der Waals surface area contributed by atoms with Gasteiger partial charge < -0.3 is 54.2 Å². The predicted octanol–water partition coefficient (Wildman–Crippen LogP) is -5.27. The summed E-state index contributed by atoms with van der Waals surface area (Å²) in [4.78, 5) is 85.5. The molecule has 0 aliphatic rings. The summed E-state index contributed by atoms with van der Waals surface area (Å²) in [5.41, 5.74) is 20.8. The average molecular weight is 518 g/mol. The topological polar surface area (TPSA) is 333 Å². The smallest absolute Gasteiger partial charge is 0.326 e. The van der Waals surface area contributed by atoms with E-state index in [9.17, 15) is 33.6 Å². The van der Waals surface area contributed by atoms with Gasteiger partial charge in [-0.15, -0.1) is 0 Å². The van der Waals surface area contributed by atoms with E-state index in [1.807, 2.05) is 10.6 Å². The monoisotopic (exact) mass is 518 g/mol. The van der Waals surface area contributed by atoms with Crippen molar-refractivity contribution < 1.29 is 48.9 Å². The minimum absolute atomic E-state index is 0.00324. The molecule has 0 aromatic rings. The van der Waals surface area contributed by atoms with Crippen LogP contribution in [0.1, 0.15) is 32.1 Å². The van der Waals surface area contributed by atoms with Gasteiger partial charge in [0.25, 0.3) is 0 Å². The third kappa shape index (κ3) is 13.3. The molecule has 202 valence electrons. The second-order valence-corrected chi connectivity index (χ2v) is 7.44. The highest BCUT2D eigenvalue weighted by molar-refractivity contribution is 5.96. The number of hydrogen-bond acceptors (Lipinski definition) is 9. The summed E-state index contributed by atoms with van der Waals surface area (Å²) >= 11 is 0. The molecular formula is C18H30N8O10. The van der Waals surface area contributed by atoms with Crippen LogP contribution in [-0.4, -0.2) is 93.5 Å². The van der Waals surface area contributed by atoms with E-state index in [0.717, 1.165) is 0 Å². The third-order valence-corrected chi connectivity index (χ3v) is 4.34. The molecule has 0 aromatic carbocycles. The van der Waals surface area contributed by atoms with Crippen LogP contribution in [0.15, 0.2) is 4.99 Å². The largest absolute Gasteiger partial charge is 0.481 e. The molecule has 14 N–H and O–H groups in total. The third-order valence-electron chi connectivity index (χ3n) is 4.34. The maximum Gasteiger partial charge on any atom is 0.326 e. The first kappa shape index (κ1) is 31.5. The first-order valence-electron chi connectivity index (χ1n) is 10.3. The highest BCUT2D eigenvalue weighted by Crippen LogP contribution is 2.04. The van der Waals surface area contributed by atoms with Gasteiger partial charge in [-0.1, -0.05) is 0 Å². The lowest BCUT2D eigenvalue weighted by Gasteiger charge is -2.24. The summed E-state index contributed by atoms with van der Waals surface area (Å²) < 4.78 is 0. The first-order valence-corrected chi connectivity index (χ1v) is 10.3. The van der Waals surface area contributed by atoms with Crippen LogP contribution in [0.3, 0.4) is 0 Å². The van der Waals surface area contributed by atoms with Gasteiger partial charge in [-0.2, -0.15) is 0 Å². The number of rotatable bonds is 17. The Morgan fingerprint density at radius 3 is 1.64 bits per heavy atom. The molecule has 0 aliphatic carbocycles. The molecule has 18 nitrogen and oxygen atoms in total. The van der Waals surface area contributed by atoms with Crippen LogP contribution in [0.4, 0.5) is 0 Å². The Hall–Kier alpha value is -4.48. The quantitative estimate of drug-likeness (QED) is 0.0489. The number of carboxylic acids is 3. The van der Waals surface area contributed by atoms with Crippen LogP contribution in [0.5, 0.6) is 0 Å². The van der Waals surface area contributed by atoms with Crippen molar-refractivity contribution in [1.29, 1.82) is 0 Å². The number of aliphatic imine (C=N–C) groups is 1. The van der Waals surface area contributed by atoms with Crippen molar-refractivity contribution >= 4 is 47.5 Å². The van der Waals surface area contributed by atoms with Gasteiger partial charge >= 0.3 is 17.9 Å². The number of hydrogen-bond donors (Lipinski definition) is 10. The summed E-state index contributed by atoms with van der Waals surface area (Å²) in [6.45, 7) is -0.00324. The minimum atomic E-state index is -1.84. The number of guanidine groups is 1. The zero-order valence-corrected chi connectivity index (χ0v) is 19.0. The number of carbonyl (C=O) groups excluding carboxylic acids is 4. The maximum absolute atomic E-state index is 12.7. The highest BCUT2D eigenvalue weighted by Gasteiger charge is 2.32. The molecule has 0 saturated carbocycles. The van der Waals surface area contributed by atoms with Crippen molar-refractivity contribution in [3.8, 4) is 0 Å². The predicted molar refractivity (Wildman–Crippen MR) is 120 cm³/mol. The lowest BCUT2D eigenvalue weighted by Crippen LogP contribution is -2.57. The van der Waals surface area contributed by atoms with E-state index in [2.05, 4.69) is 10.3 Å². The summed E-state index contributed by atoms with van der Waals surface area (Å²) in [6.07, 6.45) is -2.62. The van der Waals surface area contributed by atoms with E-state index in [1.165, 1.54) is 0 Å². The molecule has 0 aliphatic heterocycles. The molecular weight excluding hydrogens is 488 g/mol. The number of primary amides is 1. The molecule has 4 unspecified atom stereocenters. The van der Waals surface area contributed by atoms with Crippen molar-refractivity contribution in [3.05, 3.63) is 0 Å². The van der Waals surface area contributed by atoms with Crippen LogP contribution >= 0.6 is 0 Å². The van der Waals surface area contributed by atoms with Gasteiger partial charge in [-0.3, -0.25) is 33.8 Å². The molecule has 0 fully saturated rings. The molecule has 0 heterocycles. The van der Waals surface area contributed by atoms with Gasteiger partial charge in [0.2, 0.25) is 23.6 Å². The standard InChI is InChI=1S/C18H30N8O10/c19-7(4-11(20)27)14(32)25-9(5-12(28)29)16(34)24-8(2-1-3-23-18(21)22)15(33)26-10(17(35)36)6-13(30)31/h7-10H,1-6,19H2,(H2,20,27)(H,24,34)(H,25,32)(H,26,33)(H,28,29)(H,30,31)(H,35,36)(H4,21,22,23). The average Bonchev–Trinajstić information content (AvgIpc) is 2.73. The zero-order valence-electron chi connectivity index (χ0n) is 19.0. The van der Waals surface area contributed by atoms with E-state index >= 15 is 0 Å². The molecule has 4 amide bonds. The van der Waals surface area contributed by atoms with Crippen LogP contribution in [0.2, 0.25) is 0 Å². The Morgan fingerprint density at radius 2 is 1.17 bits per heavy atom. The second-order valence-electron chi connectivity index (χ2n) is 7.44. The van der Waals surface area contributed by atoms with Gasteiger partial charge in [-0.25, -0.2) is 4.79 Å². The lowest BCUT2D eigenvalue weighted by molar-refractivity contribution is -0.147. The minimum Gasteiger partial charge on any atom is -0.481 e.